The van der Waals surface area contributed by atoms with Crippen LogP contribution in [-0.2, 0) is 9.59 Å². The van der Waals surface area contributed by atoms with Gasteiger partial charge < -0.3 is 10.2 Å². The van der Waals surface area contributed by atoms with Crippen LogP contribution in [-0.4, -0.2) is 41.1 Å². The fraction of sp³-hybridized carbons (Fsp3) is 0.370. The van der Waals surface area contributed by atoms with Gasteiger partial charge in [0, 0.05) is 29.5 Å². The van der Waals surface area contributed by atoms with Crippen molar-refractivity contribution in [3.05, 3.63) is 63.3 Å². The third-order valence-corrected chi connectivity index (χ3v) is 7.87. The maximum absolute atomic E-state index is 15.1. The van der Waals surface area contributed by atoms with Crippen molar-refractivity contribution < 1.29 is 18.8 Å². The number of benzene rings is 2. The Morgan fingerprint density at radius 2 is 1.89 bits per heavy atom. The molecular formula is C27H30FN3O3S. The summed E-state index contributed by atoms with van der Waals surface area (Å²) in [6.07, 6.45) is 2.32. The largest absolute Gasteiger partial charge is 0.369 e. The number of nitrogens with one attached hydrogen (secondary N) is 1. The summed E-state index contributed by atoms with van der Waals surface area (Å²) in [4.78, 5) is 41.2. The Hall–Kier alpha value is -3.13. The molecule has 0 bridgehead atoms. The Morgan fingerprint density at radius 3 is 2.54 bits per heavy atom. The van der Waals surface area contributed by atoms with E-state index in [4.69, 9.17) is 0 Å². The SMILES string of the molecule is Cc1cccc(C)c1NC(=O)CN1C(=O)S/C(=C/c2cc3c(cc2F)N(C)C(C)(C)CC3C)C1=O. The lowest BCUT2D eigenvalue weighted by molar-refractivity contribution is -0.127. The first-order valence-electron chi connectivity index (χ1n) is 11.6. The van der Waals surface area contributed by atoms with Crippen molar-refractivity contribution in [2.75, 3.05) is 23.8 Å². The van der Waals surface area contributed by atoms with Gasteiger partial charge in [-0.2, -0.15) is 0 Å². The minimum absolute atomic E-state index is 0.0968. The lowest BCUT2D eigenvalue weighted by atomic mass is 9.80. The number of thioether (sulfide) groups is 1. The molecule has 2 aromatic carbocycles. The summed E-state index contributed by atoms with van der Waals surface area (Å²) >= 11 is 0.720. The van der Waals surface area contributed by atoms with Gasteiger partial charge in [-0.3, -0.25) is 19.3 Å². The number of carbonyl (C=O) groups excluding carboxylic acids is 3. The van der Waals surface area contributed by atoms with E-state index in [1.807, 2.05) is 39.1 Å². The van der Waals surface area contributed by atoms with Gasteiger partial charge in [0.15, 0.2) is 0 Å². The average Bonchev–Trinajstić information content (AvgIpc) is 3.03. The number of hydrogen-bond acceptors (Lipinski definition) is 5. The Morgan fingerprint density at radius 1 is 1.23 bits per heavy atom. The molecule has 2 aliphatic heterocycles. The standard InChI is InChI=1S/C27H30FN3O3S/c1-15-8-7-9-16(2)24(15)29-23(32)14-31-25(33)22(35-26(31)34)11-18-10-19-17(3)13-27(4,5)30(6)21(19)12-20(18)28/h7-12,17H,13-14H2,1-6H3,(H,29,32)/b22-11+. The first kappa shape index (κ1) is 25.0. The Kier molecular flexibility index (Phi) is 6.53. The van der Waals surface area contributed by atoms with E-state index in [9.17, 15) is 14.4 Å². The van der Waals surface area contributed by atoms with E-state index in [1.54, 1.807) is 6.07 Å². The summed E-state index contributed by atoms with van der Waals surface area (Å²) in [5, 5.41) is 2.24. The number of carbonyl (C=O) groups is 3. The highest BCUT2D eigenvalue weighted by Crippen LogP contribution is 2.44. The van der Waals surface area contributed by atoms with Gasteiger partial charge in [-0.1, -0.05) is 25.1 Å². The monoisotopic (exact) mass is 495 g/mol. The lowest BCUT2D eigenvalue weighted by Crippen LogP contribution is -2.45. The summed E-state index contributed by atoms with van der Waals surface area (Å²) < 4.78 is 15.1. The highest BCUT2D eigenvalue weighted by Gasteiger charge is 2.38. The van der Waals surface area contributed by atoms with Gasteiger partial charge in [0.1, 0.15) is 12.4 Å². The van der Waals surface area contributed by atoms with Crippen LogP contribution >= 0.6 is 11.8 Å². The number of imide groups is 1. The van der Waals surface area contributed by atoms with Gasteiger partial charge in [-0.05, 0) is 86.7 Å². The van der Waals surface area contributed by atoms with Gasteiger partial charge >= 0.3 is 0 Å². The van der Waals surface area contributed by atoms with Crippen LogP contribution < -0.4 is 10.2 Å². The van der Waals surface area contributed by atoms with Gasteiger partial charge in [0.25, 0.3) is 11.1 Å². The molecule has 3 amide bonds. The zero-order valence-corrected chi connectivity index (χ0v) is 21.7. The van der Waals surface area contributed by atoms with Crippen LogP contribution in [0.1, 0.15) is 55.4 Å². The van der Waals surface area contributed by atoms with Gasteiger partial charge in [0.2, 0.25) is 5.91 Å². The van der Waals surface area contributed by atoms with Crippen molar-refractivity contribution in [3.63, 3.8) is 0 Å². The molecule has 0 radical (unpaired) electrons. The number of rotatable bonds is 4. The molecule has 1 atom stereocenters. The molecule has 1 saturated heterocycles. The second-order valence-corrected chi connectivity index (χ2v) is 11.0. The average molecular weight is 496 g/mol. The van der Waals surface area contributed by atoms with E-state index >= 15 is 4.39 Å². The normalized spacial score (nSPS) is 20.4. The minimum atomic E-state index is -0.597. The maximum Gasteiger partial charge on any atom is 0.294 e. The van der Waals surface area contributed by atoms with Crippen molar-refractivity contribution in [3.8, 4) is 0 Å². The third-order valence-electron chi connectivity index (χ3n) is 6.96. The number of aryl methyl sites for hydroxylation is 2. The van der Waals surface area contributed by atoms with E-state index in [0.717, 1.165) is 45.5 Å². The molecule has 2 aromatic rings. The molecule has 1 N–H and O–H groups in total. The molecule has 6 nitrogen and oxygen atoms in total. The number of amides is 3. The van der Waals surface area contributed by atoms with E-state index in [1.165, 1.54) is 12.1 Å². The maximum atomic E-state index is 15.1. The third kappa shape index (κ3) is 4.72. The van der Waals surface area contributed by atoms with Gasteiger partial charge in [-0.15, -0.1) is 0 Å². The van der Waals surface area contributed by atoms with Crippen LogP contribution in [0, 0.1) is 19.7 Å². The van der Waals surface area contributed by atoms with Crippen molar-refractivity contribution in [2.45, 2.75) is 52.5 Å². The van der Waals surface area contributed by atoms with Crippen LogP contribution in [0.5, 0.6) is 0 Å². The quantitative estimate of drug-likeness (QED) is 0.540. The van der Waals surface area contributed by atoms with E-state index < -0.39 is 29.4 Å². The summed E-state index contributed by atoms with van der Waals surface area (Å²) in [5.41, 5.74) is 4.44. The minimum Gasteiger partial charge on any atom is -0.369 e. The molecule has 2 heterocycles. The zero-order valence-electron chi connectivity index (χ0n) is 20.9. The van der Waals surface area contributed by atoms with Crippen LogP contribution in [0.15, 0.2) is 35.2 Å². The topological polar surface area (TPSA) is 69.7 Å². The predicted molar refractivity (Wildman–Crippen MR) is 139 cm³/mol. The van der Waals surface area contributed by atoms with E-state index in [2.05, 4.69) is 31.0 Å². The molecule has 184 valence electrons. The molecule has 35 heavy (non-hydrogen) atoms. The molecule has 1 unspecified atom stereocenters. The van der Waals surface area contributed by atoms with Crippen molar-refractivity contribution >= 4 is 46.3 Å². The highest BCUT2D eigenvalue weighted by atomic mass is 32.2. The number of nitrogens with zero attached hydrogens (tertiary/aromatic N) is 2. The fourth-order valence-electron chi connectivity index (χ4n) is 4.83. The zero-order chi connectivity index (χ0) is 25.7. The summed E-state index contributed by atoms with van der Waals surface area (Å²) in [5.74, 6) is -1.31. The van der Waals surface area contributed by atoms with E-state index in [-0.39, 0.29) is 21.9 Å². The Bertz CT molecular complexity index is 1250. The van der Waals surface area contributed by atoms with Crippen LogP contribution in [0.25, 0.3) is 6.08 Å². The summed E-state index contributed by atoms with van der Waals surface area (Å²) in [6, 6.07) is 8.90. The molecule has 8 heteroatoms. The molecule has 0 spiro atoms. The van der Waals surface area contributed by atoms with Crippen LogP contribution in [0.4, 0.5) is 20.6 Å². The smallest absolute Gasteiger partial charge is 0.294 e. The first-order valence-corrected chi connectivity index (χ1v) is 12.4. The number of fused-ring (bicyclic) bond motifs is 1. The molecule has 1 fully saturated rings. The number of hydrogen-bond donors (Lipinski definition) is 1. The molecular weight excluding hydrogens is 465 g/mol. The van der Waals surface area contributed by atoms with Gasteiger partial charge in [-0.25, -0.2) is 4.39 Å². The molecule has 0 saturated carbocycles. The van der Waals surface area contributed by atoms with Crippen molar-refractivity contribution in [2.24, 2.45) is 0 Å². The van der Waals surface area contributed by atoms with Crippen molar-refractivity contribution in [1.82, 2.24) is 4.90 Å². The number of halogens is 1. The Balaban J connectivity index is 1.55. The van der Waals surface area contributed by atoms with Crippen LogP contribution in [0.2, 0.25) is 0 Å². The van der Waals surface area contributed by atoms with Crippen molar-refractivity contribution in [1.29, 1.82) is 0 Å². The lowest BCUT2D eigenvalue weighted by Gasteiger charge is -2.45. The molecule has 2 aliphatic rings. The number of anilines is 2. The summed E-state index contributed by atoms with van der Waals surface area (Å²) in [6.45, 7) is 9.71. The molecule has 0 aliphatic carbocycles. The molecule has 4 rings (SSSR count). The molecule has 0 aromatic heterocycles. The van der Waals surface area contributed by atoms with Crippen LogP contribution in [0.3, 0.4) is 0 Å². The number of para-hydroxylation sites is 1. The van der Waals surface area contributed by atoms with Gasteiger partial charge in [0.05, 0.1) is 4.91 Å². The Labute approximate surface area is 209 Å². The second kappa shape index (κ2) is 9.15. The highest BCUT2D eigenvalue weighted by molar-refractivity contribution is 8.18. The van der Waals surface area contributed by atoms with E-state index in [0.29, 0.717) is 5.69 Å². The first-order chi connectivity index (χ1) is 16.4. The fourth-order valence-corrected chi connectivity index (χ4v) is 5.66. The second-order valence-electron chi connectivity index (χ2n) is 9.99. The summed E-state index contributed by atoms with van der Waals surface area (Å²) in [7, 11) is 1.96. The predicted octanol–water partition coefficient (Wildman–Crippen LogP) is 5.84.